The Morgan fingerprint density at radius 1 is 1.33 bits per heavy atom. The van der Waals surface area contributed by atoms with Gasteiger partial charge in [0.05, 0.1) is 16.5 Å². The predicted octanol–water partition coefficient (Wildman–Crippen LogP) is 2.68. The van der Waals surface area contributed by atoms with Crippen molar-refractivity contribution in [1.82, 2.24) is 9.97 Å². The first kappa shape index (κ1) is 13.1. The Balaban J connectivity index is 2.34. The SMILES string of the molecule is COc1ccccc1Sc1ncnc(NN)c1Br. The lowest BCUT2D eigenvalue weighted by atomic mass is 10.3. The summed E-state index contributed by atoms with van der Waals surface area (Å²) in [6, 6.07) is 7.74. The van der Waals surface area contributed by atoms with Crippen LogP contribution >= 0.6 is 27.7 Å². The minimum absolute atomic E-state index is 0.544. The number of benzene rings is 1. The minimum atomic E-state index is 0.544. The van der Waals surface area contributed by atoms with Crippen LogP contribution in [0.3, 0.4) is 0 Å². The van der Waals surface area contributed by atoms with Gasteiger partial charge in [0.25, 0.3) is 0 Å². The number of para-hydroxylation sites is 1. The number of anilines is 1. The molecule has 0 spiro atoms. The van der Waals surface area contributed by atoms with Gasteiger partial charge in [-0.1, -0.05) is 23.9 Å². The Labute approximate surface area is 117 Å². The monoisotopic (exact) mass is 326 g/mol. The molecule has 0 unspecified atom stereocenters. The molecule has 0 amide bonds. The second-order valence-corrected chi connectivity index (χ2v) is 5.06. The van der Waals surface area contributed by atoms with E-state index < -0.39 is 0 Å². The van der Waals surface area contributed by atoms with Crippen LogP contribution in [0.5, 0.6) is 5.75 Å². The van der Waals surface area contributed by atoms with E-state index in [1.54, 1.807) is 7.11 Å². The van der Waals surface area contributed by atoms with Crippen molar-refractivity contribution in [3.63, 3.8) is 0 Å². The molecule has 18 heavy (non-hydrogen) atoms. The van der Waals surface area contributed by atoms with Gasteiger partial charge in [-0.25, -0.2) is 15.8 Å². The second kappa shape index (κ2) is 6.03. The maximum atomic E-state index is 5.36. The van der Waals surface area contributed by atoms with E-state index in [2.05, 4.69) is 31.3 Å². The van der Waals surface area contributed by atoms with Gasteiger partial charge < -0.3 is 10.2 Å². The van der Waals surface area contributed by atoms with Crippen LogP contribution in [0.25, 0.3) is 0 Å². The molecule has 0 bridgehead atoms. The maximum Gasteiger partial charge on any atom is 0.158 e. The van der Waals surface area contributed by atoms with E-state index in [9.17, 15) is 0 Å². The van der Waals surface area contributed by atoms with Crippen molar-refractivity contribution < 1.29 is 4.74 Å². The number of hydrogen-bond acceptors (Lipinski definition) is 6. The third-order valence-corrected chi connectivity index (χ3v) is 4.24. The molecule has 1 aromatic carbocycles. The fraction of sp³-hybridized carbons (Fsp3) is 0.0909. The fourth-order valence-corrected chi connectivity index (χ4v) is 2.79. The molecule has 0 fully saturated rings. The zero-order valence-electron chi connectivity index (χ0n) is 9.55. The normalized spacial score (nSPS) is 10.2. The first-order valence-electron chi connectivity index (χ1n) is 5.04. The van der Waals surface area contributed by atoms with Gasteiger partial charge in [-0.2, -0.15) is 0 Å². The summed E-state index contributed by atoms with van der Waals surface area (Å²) in [6.45, 7) is 0. The number of nitrogens with one attached hydrogen (secondary N) is 1. The number of ether oxygens (including phenoxy) is 1. The van der Waals surface area contributed by atoms with Crippen LogP contribution < -0.4 is 16.0 Å². The minimum Gasteiger partial charge on any atom is -0.496 e. The van der Waals surface area contributed by atoms with E-state index in [0.717, 1.165) is 20.1 Å². The molecule has 0 radical (unpaired) electrons. The van der Waals surface area contributed by atoms with Crippen LogP contribution in [0.15, 0.2) is 45.0 Å². The summed E-state index contributed by atoms with van der Waals surface area (Å²) in [7, 11) is 1.64. The number of hydrogen-bond donors (Lipinski definition) is 2. The smallest absolute Gasteiger partial charge is 0.158 e. The molecular formula is C11H11BrN4OS. The van der Waals surface area contributed by atoms with Gasteiger partial charge in [0.1, 0.15) is 17.1 Å². The summed E-state index contributed by atoms with van der Waals surface area (Å²) in [4.78, 5) is 9.19. The lowest BCUT2D eigenvalue weighted by molar-refractivity contribution is 0.405. The number of nitrogens with zero attached hydrogens (tertiary/aromatic N) is 2. The quantitative estimate of drug-likeness (QED) is 0.511. The van der Waals surface area contributed by atoms with Gasteiger partial charge in [-0.15, -0.1) is 0 Å². The van der Waals surface area contributed by atoms with Gasteiger partial charge in [-0.3, -0.25) is 0 Å². The van der Waals surface area contributed by atoms with Crippen LogP contribution in [0, 0.1) is 0 Å². The number of nitrogen functional groups attached to an aromatic ring is 1. The predicted molar refractivity (Wildman–Crippen MR) is 74.7 cm³/mol. The molecule has 0 aliphatic carbocycles. The van der Waals surface area contributed by atoms with E-state index in [-0.39, 0.29) is 0 Å². The molecule has 0 saturated carbocycles. The van der Waals surface area contributed by atoms with Crippen molar-refractivity contribution >= 4 is 33.5 Å². The molecule has 7 heteroatoms. The van der Waals surface area contributed by atoms with Gasteiger partial charge in [0.2, 0.25) is 0 Å². The first-order chi connectivity index (χ1) is 8.76. The molecule has 0 atom stereocenters. The van der Waals surface area contributed by atoms with E-state index in [0.29, 0.717) is 5.82 Å². The van der Waals surface area contributed by atoms with E-state index in [1.807, 2.05) is 24.3 Å². The lowest BCUT2D eigenvalue weighted by Gasteiger charge is -2.09. The highest BCUT2D eigenvalue weighted by molar-refractivity contribution is 9.10. The lowest BCUT2D eigenvalue weighted by Crippen LogP contribution is -2.09. The molecule has 2 rings (SSSR count). The van der Waals surface area contributed by atoms with E-state index in [1.165, 1.54) is 18.1 Å². The number of nitrogens with two attached hydrogens (primary N) is 1. The van der Waals surface area contributed by atoms with Gasteiger partial charge in [0.15, 0.2) is 5.82 Å². The molecule has 0 aliphatic heterocycles. The van der Waals surface area contributed by atoms with Crippen molar-refractivity contribution in [3.8, 4) is 5.75 Å². The molecule has 0 saturated heterocycles. The number of hydrazine groups is 1. The van der Waals surface area contributed by atoms with Crippen molar-refractivity contribution in [2.75, 3.05) is 12.5 Å². The zero-order chi connectivity index (χ0) is 13.0. The number of methoxy groups -OCH3 is 1. The molecule has 0 aliphatic rings. The summed E-state index contributed by atoms with van der Waals surface area (Å²) in [5.74, 6) is 6.71. The molecule has 3 N–H and O–H groups in total. The van der Waals surface area contributed by atoms with E-state index >= 15 is 0 Å². The van der Waals surface area contributed by atoms with E-state index in [4.69, 9.17) is 10.6 Å². The Morgan fingerprint density at radius 2 is 2.11 bits per heavy atom. The molecule has 94 valence electrons. The van der Waals surface area contributed by atoms with Crippen LogP contribution in [0.2, 0.25) is 0 Å². The third kappa shape index (κ3) is 2.74. The first-order valence-corrected chi connectivity index (χ1v) is 6.65. The van der Waals surface area contributed by atoms with Crippen molar-refractivity contribution in [3.05, 3.63) is 35.1 Å². The topological polar surface area (TPSA) is 73.1 Å². The third-order valence-electron chi connectivity index (χ3n) is 2.17. The van der Waals surface area contributed by atoms with Crippen molar-refractivity contribution in [1.29, 1.82) is 0 Å². The summed E-state index contributed by atoms with van der Waals surface area (Å²) in [5.41, 5.74) is 2.51. The summed E-state index contributed by atoms with van der Waals surface area (Å²) >= 11 is 4.89. The zero-order valence-corrected chi connectivity index (χ0v) is 12.0. The maximum absolute atomic E-state index is 5.36. The van der Waals surface area contributed by atoms with Crippen LogP contribution in [-0.2, 0) is 0 Å². The fourth-order valence-electron chi connectivity index (χ4n) is 1.33. The molecule has 5 nitrogen and oxygen atoms in total. The van der Waals surface area contributed by atoms with Gasteiger partial charge in [0, 0.05) is 0 Å². The molecule has 1 heterocycles. The summed E-state index contributed by atoms with van der Waals surface area (Å²) in [5, 5.41) is 0.766. The van der Waals surface area contributed by atoms with Gasteiger partial charge >= 0.3 is 0 Å². The highest BCUT2D eigenvalue weighted by atomic mass is 79.9. The van der Waals surface area contributed by atoms with Crippen molar-refractivity contribution in [2.24, 2.45) is 5.84 Å². The summed E-state index contributed by atoms with van der Waals surface area (Å²) < 4.78 is 6.02. The van der Waals surface area contributed by atoms with Gasteiger partial charge in [-0.05, 0) is 28.1 Å². The highest BCUT2D eigenvalue weighted by Gasteiger charge is 2.11. The Morgan fingerprint density at radius 3 is 2.83 bits per heavy atom. The van der Waals surface area contributed by atoms with Crippen molar-refractivity contribution in [2.45, 2.75) is 9.92 Å². The Kier molecular flexibility index (Phi) is 4.40. The summed E-state index contributed by atoms with van der Waals surface area (Å²) in [6.07, 6.45) is 1.46. The molecular weight excluding hydrogens is 316 g/mol. The number of halogens is 1. The second-order valence-electron chi connectivity index (χ2n) is 3.24. The average Bonchev–Trinajstić information content (AvgIpc) is 2.42. The highest BCUT2D eigenvalue weighted by Crippen LogP contribution is 2.38. The molecule has 2 aromatic rings. The average molecular weight is 327 g/mol. The standard InChI is InChI=1S/C11H11BrN4OS/c1-17-7-4-2-3-5-8(7)18-11-9(12)10(16-13)14-6-15-11/h2-6H,13H2,1H3,(H,14,15,16). The number of aromatic nitrogens is 2. The molecule has 1 aromatic heterocycles. The van der Waals surface area contributed by atoms with Crippen LogP contribution in [-0.4, -0.2) is 17.1 Å². The largest absolute Gasteiger partial charge is 0.496 e. The van der Waals surface area contributed by atoms with Crippen LogP contribution in [0.4, 0.5) is 5.82 Å². The van der Waals surface area contributed by atoms with Crippen LogP contribution in [0.1, 0.15) is 0 Å². The number of rotatable bonds is 4. The Bertz CT molecular complexity index is 552. The Hall–Kier alpha value is -1.31.